The lowest BCUT2D eigenvalue weighted by atomic mass is 9.84. The zero-order chi connectivity index (χ0) is 16.2. The Bertz CT molecular complexity index is 547. The van der Waals surface area contributed by atoms with Gasteiger partial charge in [-0.05, 0) is 38.0 Å². The monoisotopic (exact) mass is 311 g/mol. The number of rotatable bonds is 5. The Balaban J connectivity index is 3.06. The number of hydrogen-bond donors (Lipinski definition) is 2. The fourth-order valence-electron chi connectivity index (χ4n) is 2.11. The normalized spacial score (nSPS) is 16.1. The van der Waals surface area contributed by atoms with Crippen LogP contribution >= 0.6 is 11.6 Å². The molecule has 1 aromatic carbocycles. The van der Waals surface area contributed by atoms with E-state index in [9.17, 15) is 4.79 Å². The maximum Gasteiger partial charge on any atom is 0.236 e. The van der Waals surface area contributed by atoms with Crippen LogP contribution in [0.4, 0.5) is 0 Å². The third-order valence-electron chi connectivity index (χ3n) is 4.08. The molecule has 6 heteroatoms. The molecule has 0 bridgehead atoms. The Hall–Kier alpha value is -1.75. The van der Waals surface area contributed by atoms with Crippen molar-refractivity contribution >= 4 is 23.3 Å². The van der Waals surface area contributed by atoms with Crippen molar-refractivity contribution in [2.24, 2.45) is 16.3 Å². The highest BCUT2D eigenvalue weighted by molar-refractivity contribution is 6.30. The summed E-state index contributed by atoms with van der Waals surface area (Å²) in [6, 6.07) is 7.19. The number of hydrogen-bond acceptors (Lipinski definition) is 3. The highest BCUT2D eigenvalue weighted by Crippen LogP contribution is 2.29. The molecule has 0 aliphatic heterocycles. The molecular formula is C15H22ClN3O2. The van der Waals surface area contributed by atoms with E-state index < -0.39 is 5.41 Å². The zero-order valence-electron chi connectivity index (χ0n) is 12.8. The van der Waals surface area contributed by atoms with E-state index in [2.05, 4.69) is 5.16 Å². The Labute approximate surface area is 130 Å². The van der Waals surface area contributed by atoms with Gasteiger partial charge in [0.25, 0.3) is 0 Å². The first-order valence-corrected chi connectivity index (χ1v) is 7.16. The van der Waals surface area contributed by atoms with E-state index in [-0.39, 0.29) is 17.8 Å². The van der Waals surface area contributed by atoms with Gasteiger partial charge in [-0.3, -0.25) is 4.79 Å². The maximum absolute atomic E-state index is 12.7. The number of nitrogens with two attached hydrogens (primary N) is 1. The molecule has 0 fully saturated rings. The Kier molecular flexibility index (Phi) is 5.61. The SMILES string of the molecule is CCC(C)(C(=O)N(C)C(C)c1cccc(Cl)c1)/C(N)=N/O. The van der Waals surface area contributed by atoms with Crippen LogP contribution in [0, 0.1) is 5.41 Å². The molecule has 0 spiro atoms. The zero-order valence-corrected chi connectivity index (χ0v) is 13.6. The van der Waals surface area contributed by atoms with Crippen molar-refractivity contribution in [3.63, 3.8) is 0 Å². The van der Waals surface area contributed by atoms with Crippen molar-refractivity contribution in [1.29, 1.82) is 0 Å². The van der Waals surface area contributed by atoms with Crippen molar-refractivity contribution < 1.29 is 10.0 Å². The maximum atomic E-state index is 12.7. The minimum atomic E-state index is -1.03. The fraction of sp³-hybridized carbons (Fsp3) is 0.467. The van der Waals surface area contributed by atoms with Gasteiger partial charge in [-0.25, -0.2) is 0 Å². The van der Waals surface area contributed by atoms with Crippen LogP contribution < -0.4 is 5.73 Å². The molecule has 2 atom stereocenters. The van der Waals surface area contributed by atoms with Gasteiger partial charge in [0.2, 0.25) is 5.91 Å². The van der Waals surface area contributed by atoms with Gasteiger partial charge in [0, 0.05) is 12.1 Å². The topological polar surface area (TPSA) is 78.9 Å². The summed E-state index contributed by atoms with van der Waals surface area (Å²) in [5.41, 5.74) is 5.59. The van der Waals surface area contributed by atoms with Gasteiger partial charge in [-0.2, -0.15) is 0 Å². The van der Waals surface area contributed by atoms with Gasteiger partial charge in [-0.1, -0.05) is 35.8 Å². The molecule has 1 amide bonds. The van der Waals surface area contributed by atoms with E-state index in [0.717, 1.165) is 5.56 Å². The number of carbonyl (C=O) groups excluding carboxylic acids is 1. The second-order valence-corrected chi connectivity index (χ2v) is 5.75. The summed E-state index contributed by atoms with van der Waals surface area (Å²) in [4.78, 5) is 14.3. The summed E-state index contributed by atoms with van der Waals surface area (Å²) in [6.45, 7) is 5.41. The molecule has 0 aromatic heterocycles. The van der Waals surface area contributed by atoms with Crippen LogP contribution in [0.25, 0.3) is 0 Å². The minimum absolute atomic E-state index is 0.0832. The number of carbonyl (C=O) groups is 1. The molecule has 0 radical (unpaired) electrons. The molecular weight excluding hydrogens is 290 g/mol. The first-order chi connectivity index (χ1) is 9.77. The van der Waals surface area contributed by atoms with Crippen molar-refractivity contribution in [2.45, 2.75) is 33.2 Å². The molecule has 1 rings (SSSR count). The minimum Gasteiger partial charge on any atom is -0.409 e. The van der Waals surface area contributed by atoms with Crippen LogP contribution in [0.5, 0.6) is 0 Å². The number of halogens is 1. The van der Waals surface area contributed by atoms with Gasteiger partial charge in [0.15, 0.2) is 5.84 Å². The van der Waals surface area contributed by atoms with E-state index in [0.29, 0.717) is 11.4 Å². The average molecular weight is 312 g/mol. The average Bonchev–Trinajstić information content (AvgIpc) is 2.50. The molecule has 0 saturated carbocycles. The summed E-state index contributed by atoms with van der Waals surface area (Å²) in [5, 5.41) is 12.5. The summed E-state index contributed by atoms with van der Waals surface area (Å²) < 4.78 is 0. The summed E-state index contributed by atoms with van der Waals surface area (Å²) in [5.74, 6) is -0.284. The predicted molar refractivity (Wildman–Crippen MR) is 84.4 cm³/mol. The smallest absolute Gasteiger partial charge is 0.236 e. The van der Waals surface area contributed by atoms with Gasteiger partial charge in [0.1, 0.15) is 5.41 Å². The van der Waals surface area contributed by atoms with E-state index >= 15 is 0 Å². The molecule has 1 aromatic rings. The van der Waals surface area contributed by atoms with Crippen LogP contribution in [-0.2, 0) is 4.79 Å². The summed E-state index contributed by atoms with van der Waals surface area (Å²) in [6.07, 6.45) is 0.439. The number of amides is 1. The first-order valence-electron chi connectivity index (χ1n) is 6.78. The van der Waals surface area contributed by atoms with Crippen LogP contribution in [0.1, 0.15) is 38.8 Å². The lowest BCUT2D eigenvalue weighted by molar-refractivity contribution is -0.138. The second-order valence-electron chi connectivity index (χ2n) is 5.32. The summed E-state index contributed by atoms with van der Waals surface area (Å²) >= 11 is 5.99. The Morgan fingerprint density at radius 3 is 2.67 bits per heavy atom. The summed E-state index contributed by atoms with van der Waals surface area (Å²) in [7, 11) is 1.70. The van der Waals surface area contributed by atoms with Crippen LogP contribution in [0.3, 0.4) is 0 Å². The highest BCUT2D eigenvalue weighted by atomic mass is 35.5. The molecule has 0 saturated heterocycles. The standard InChI is InChI=1S/C15H22ClN3O2/c1-5-15(3,13(17)18-21)14(20)19(4)10(2)11-7-6-8-12(16)9-11/h6-10,21H,5H2,1-4H3,(H2,17,18). The molecule has 3 N–H and O–H groups in total. The number of oxime groups is 1. The quantitative estimate of drug-likeness (QED) is 0.380. The van der Waals surface area contributed by atoms with Crippen molar-refractivity contribution in [3.8, 4) is 0 Å². The molecule has 0 aliphatic carbocycles. The predicted octanol–water partition coefficient (Wildman–Crippen LogP) is 3.02. The van der Waals surface area contributed by atoms with Crippen LogP contribution in [0.2, 0.25) is 5.02 Å². The molecule has 0 heterocycles. The molecule has 21 heavy (non-hydrogen) atoms. The number of nitrogens with zero attached hydrogens (tertiary/aromatic N) is 2. The van der Waals surface area contributed by atoms with Crippen LogP contribution in [0.15, 0.2) is 29.4 Å². The van der Waals surface area contributed by atoms with Gasteiger partial charge >= 0.3 is 0 Å². The highest BCUT2D eigenvalue weighted by Gasteiger charge is 2.39. The molecule has 5 nitrogen and oxygen atoms in total. The lowest BCUT2D eigenvalue weighted by Gasteiger charge is -2.34. The van der Waals surface area contributed by atoms with E-state index in [1.807, 2.05) is 32.0 Å². The Morgan fingerprint density at radius 2 is 2.19 bits per heavy atom. The van der Waals surface area contributed by atoms with Crippen molar-refractivity contribution in [3.05, 3.63) is 34.9 Å². The van der Waals surface area contributed by atoms with E-state index in [4.69, 9.17) is 22.5 Å². The van der Waals surface area contributed by atoms with Crippen molar-refractivity contribution in [2.75, 3.05) is 7.05 Å². The van der Waals surface area contributed by atoms with Crippen LogP contribution in [-0.4, -0.2) is 28.9 Å². The van der Waals surface area contributed by atoms with Crippen molar-refractivity contribution in [1.82, 2.24) is 4.90 Å². The first kappa shape index (κ1) is 17.3. The van der Waals surface area contributed by atoms with Gasteiger partial charge < -0.3 is 15.8 Å². The molecule has 0 aliphatic rings. The van der Waals surface area contributed by atoms with E-state index in [1.165, 1.54) is 0 Å². The lowest BCUT2D eigenvalue weighted by Crippen LogP contribution is -2.48. The van der Waals surface area contributed by atoms with Gasteiger partial charge in [-0.15, -0.1) is 0 Å². The largest absolute Gasteiger partial charge is 0.409 e. The number of amidine groups is 1. The second kappa shape index (κ2) is 6.80. The van der Waals surface area contributed by atoms with E-state index in [1.54, 1.807) is 24.9 Å². The fourth-order valence-corrected chi connectivity index (χ4v) is 2.31. The number of benzene rings is 1. The Morgan fingerprint density at radius 1 is 1.57 bits per heavy atom. The molecule has 116 valence electrons. The molecule has 2 unspecified atom stereocenters. The van der Waals surface area contributed by atoms with Gasteiger partial charge in [0.05, 0.1) is 6.04 Å². The third-order valence-corrected chi connectivity index (χ3v) is 4.32. The third kappa shape index (κ3) is 3.47.